The lowest BCUT2D eigenvalue weighted by Crippen LogP contribution is -2.45. The van der Waals surface area contributed by atoms with Crippen molar-refractivity contribution < 1.29 is 14.3 Å². The van der Waals surface area contributed by atoms with E-state index in [-0.39, 0.29) is 18.4 Å². The second-order valence-electron chi connectivity index (χ2n) is 9.14. The molecule has 3 heterocycles. The minimum atomic E-state index is -0.0816. The first kappa shape index (κ1) is 23.1. The summed E-state index contributed by atoms with van der Waals surface area (Å²) in [6.07, 6.45) is 5.30. The van der Waals surface area contributed by atoms with Gasteiger partial charge in [0.15, 0.2) is 6.61 Å². The first-order chi connectivity index (χ1) is 17.1. The number of rotatable bonds is 6. The maximum atomic E-state index is 13.1. The molecule has 0 unspecified atom stereocenters. The highest BCUT2D eigenvalue weighted by Crippen LogP contribution is 2.34. The summed E-state index contributed by atoms with van der Waals surface area (Å²) in [6, 6.07) is 17.3. The van der Waals surface area contributed by atoms with E-state index in [1.54, 1.807) is 24.5 Å². The molecule has 1 aromatic heterocycles. The lowest BCUT2D eigenvalue weighted by Gasteiger charge is -2.36. The Morgan fingerprint density at radius 2 is 1.80 bits per heavy atom. The van der Waals surface area contributed by atoms with Gasteiger partial charge in [-0.1, -0.05) is 24.3 Å². The van der Waals surface area contributed by atoms with E-state index in [1.165, 1.54) is 0 Å². The number of piperidine rings is 1. The summed E-state index contributed by atoms with van der Waals surface area (Å²) in [5, 5.41) is 3.01. The largest absolute Gasteiger partial charge is 0.482 e. The third-order valence-corrected chi connectivity index (χ3v) is 6.95. The molecule has 2 aliphatic heterocycles. The zero-order valence-corrected chi connectivity index (χ0v) is 19.9. The molecule has 1 fully saturated rings. The Labute approximate surface area is 205 Å². The number of likely N-dealkylation sites (tertiary alicyclic amines) is 1. The third kappa shape index (κ3) is 5.05. The molecule has 7 heteroatoms. The number of nitrogens with zero attached hydrogens (tertiary/aromatic N) is 3. The molecule has 1 N–H and O–H groups in total. The standard InChI is InChI=1S/C28H30N4O3/c1-20-5-4-6-23(28(34)30-22-9-13-29-14-10-22)27(20)21-11-15-31(16-12-21)17-18-32-24-7-2-3-8-25(24)35-19-26(32)33/h2-10,13-14,21H,11-12,15-19H2,1H3,(H,29,30,34). The number of pyridine rings is 1. The Hall–Kier alpha value is -3.71. The first-order valence-corrected chi connectivity index (χ1v) is 12.2. The van der Waals surface area contributed by atoms with Gasteiger partial charge >= 0.3 is 0 Å². The van der Waals surface area contributed by atoms with Gasteiger partial charge in [0.1, 0.15) is 5.75 Å². The lowest BCUT2D eigenvalue weighted by atomic mass is 9.83. The molecule has 5 rings (SSSR count). The summed E-state index contributed by atoms with van der Waals surface area (Å²) in [5.74, 6) is 1.02. The van der Waals surface area contributed by atoms with Crippen LogP contribution >= 0.6 is 0 Å². The van der Waals surface area contributed by atoms with Crippen LogP contribution in [-0.4, -0.2) is 54.5 Å². The highest BCUT2D eigenvalue weighted by Gasteiger charge is 2.28. The van der Waals surface area contributed by atoms with E-state index in [0.717, 1.165) is 66.3 Å². The second kappa shape index (κ2) is 10.3. The molecule has 35 heavy (non-hydrogen) atoms. The Morgan fingerprint density at radius 3 is 2.60 bits per heavy atom. The van der Waals surface area contributed by atoms with Crippen LogP contribution in [0.5, 0.6) is 5.75 Å². The van der Waals surface area contributed by atoms with Crippen molar-refractivity contribution >= 4 is 23.2 Å². The Kier molecular flexibility index (Phi) is 6.77. The van der Waals surface area contributed by atoms with Crippen molar-refractivity contribution in [3.05, 3.63) is 83.7 Å². The van der Waals surface area contributed by atoms with Crippen LogP contribution in [0.15, 0.2) is 67.0 Å². The Morgan fingerprint density at radius 1 is 1.03 bits per heavy atom. The minimum Gasteiger partial charge on any atom is -0.482 e. The molecule has 0 aliphatic carbocycles. The van der Waals surface area contributed by atoms with E-state index in [1.807, 2.05) is 41.3 Å². The van der Waals surface area contributed by atoms with Gasteiger partial charge in [0.2, 0.25) is 0 Å². The Bertz CT molecular complexity index is 1210. The van der Waals surface area contributed by atoms with Gasteiger partial charge in [-0.25, -0.2) is 0 Å². The van der Waals surface area contributed by atoms with Gasteiger partial charge in [-0.3, -0.25) is 14.6 Å². The normalized spacial score (nSPS) is 16.5. The predicted molar refractivity (Wildman–Crippen MR) is 136 cm³/mol. The van der Waals surface area contributed by atoms with Gasteiger partial charge in [-0.15, -0.1) is 0 Å². The number of hydrogen-bond acceptors (Lipinski definition) is 5. The van der Waals surface area contributed by atoms with Crippen LogP contribution in [0, 0.1) is 6.92 Å². The number of para-hydroxylation sites is 2. The molecular formula is C28H30N4O3. The molecule has 180 valence electrons. The van der Waals surface area contributed by atoms with Crippen molar-refractivity contribution in [1.82, 2.24) is 9.88 Å². The average Bonchev–Trinajstić information content (AvgIpc) is 2.89. The molecule has 2 aliphatic rings. The van der Waals surface area contributed by atoms with Crippen LogP contribution in [0.2, 0.25) is 0 Å². The molecule has 0 radical (unpaired) electrons. The van der Waals surface area contributed by atoms with Crippen molar-refractivity contribution in [2.45, 2.75) is 25.7 Å². The number of hydrogen-bond donors (Lipinski definition) is 1. The SMILES string of the molecule is Cc1cccc(C(=O)Nc2ccncc2)c1C1CCN(CCN2C(=O)COc3ccccc32)CC1. The van der Waals surface area contributed by atoms with Crippen LogP contribution in [0.1, 0.15) is 40.2 Å². The third-order valence-electron chi connectivity index (χ3n) is 6.95. The number of benzene rings is 2. The van der Waals surface area contributed by atoms with Gasteiger partial charge in [-0.2, -0.15) is 0 Å². The smallest absolute Gasteiger partial charge is 0.265 e. The topological polar surface area (TPSA) is 74.8 Å². The molecule has 3 aromatic rings. The second-order valence-corrected chi connectivity index (χ2v) is 9.14. The van der Waals surface area contributed by atoms with Crippen LogP contribution in [0.4, 0.5) is 11.4 Å². The summed E-state index contributed by atoms with van der Waals surface area (Å²) in [6.45, 7) is 5.52. The number of nitrogens with one attached hydrogen (secondary N) is 1. The number of carbonyl (C=O) groups is 2. The molecule has 2 aromatic carbocycles. The highest BCUT2D eigenvalue weighted by atomic mass is 16.5. The van der Waals surface area contributed by atoms with Crippen LogP contribution in [0.25, 0.3) is 0 Å². The van der Waals surface area contributed by atoms with Gasteiger partial charge < -0.3 is 19.9 Å². The van der Waals surface area contributed by atoms with Crippen LogP contribution < -0.4 is 15.0 Å². The van der Waals surface area contributed by atoms with E-state index in [4.69, 9.17) is 4.74 Å². The van der Waals surface area contributed by atoms with E-state index >= 15 is 0 Å². The van der Waals surface area contributed by atoms with Crippen molar-refractivity contribution in [1.29, 1.82) is 0 Å². The number of amides is 2. The van der Waals surface area contributed by atoms with Gasteiger partial charge in [0, 0.05) is 36.7 Å². The van der Waals surface area contributed by atoms with Gasteiger partial charge in [0.25, 0.3) is 11.8 Å². The fraction of sp³-hybridized carbons (Fsp3) is 0.321. The monoisotopic (exact) mass is 470 g/mol. The average molecular weight is 471 g/mol. The number of ether oxygens (including phenoxy) is 1. The Balaban J connectivity index is 1.23. The van der Waals surface area contributed by atoms with E-state index in [9.17, 15) is 9.59 Å². The number of aryl methyl sites for hydroxylation is 1. The molecular weight excluding hydrogens is 440 g/mol. The number of carbonyl (C=O) groups excluding carboxylic acids is 2. The predicted octanol–water partition coefficient (Wildman–Crippen LogP) is 4.25. The van der Waals surface area contributed by atoms with Crippen molar-refractivity contribution in [2.24, 2.45) is 0 Å². The number of anilines is 2. The molecule has 0 atom stereocenters. The van der Waals surface area contributed by atoms with E-state index < -0.39 is 0 Å². The maximum Gasteiger partial charge on any atom is 0.265 e. The fourth-order valence-electron chi connectivity index (χ4n) is 5.14. The maximum absolute atomic E-state index is 13.1. The minimum absolute atomic E-state index is 0.00310. The molecule has 2 amide bonds. The molecule has 7 nitrogen and oxygen atoms in total. The fourth-order valence-corrected chi connectivity index (χ4v) is 5.14. The summed E-state index contributed by atoms with van der Waals surface area (Å²) in [7, 11) is 0. The van der Waals surface area contributed by atoms with Crippen molar-refractivity contribution in [3.63, 3.8) is 0 Å². The lowest BCUT2D eigenvalue weighted by molar-refractivity contribution is -0.121. The van der Waals surface area contributed by atoms with Gasteiger partial charge in [0.05, 0.1) is 5.69 Å². The number of aromatic nitrogens is 1. The summed E-state index contributed by atoms with van der Waals surface area (Å²) < 4.78 is 5.56. The van der Waals surface area contributed by atoms with E-state index in [0.29, 0.717) is 12.5 Å². The molecule has 0 spiro atoms. The highest BCUT2D eigenvalue weighted by molar-refractivity contribution is 6.05. The molecule has 0 saturated carbocycles. The quantitative estimate of drug-likeness (QED) is 0.583. The van der Waals surface area contributed by atoms with E-state index in [2.05, 4.69) is 28.2 Å². The van der Waals surface area contributed by atoms with Crippen LogP contribution in [0.3, 0.4) is 0 Å². The van der Waals surface area contributed by atoms with Crippen molar-refractivity contribution in [3.8, 4) is 5.75 Å². The zero-order valence-electron chi connectivity index (χ0n) is 19.9. The summed E-state index contributed by atoms with van der Waals surface area (Å²) >= 11 is 0. The molecule has 0 bridgehead atoms. The summed E-state index contributed by atoms with van der Waals surface area (Å²) in [4.78, 5) is 33.9. The van der Waals surface area contributed by atoms with Crippen molar-refractivity contribution in [2.75, 3.05) is 43.0 Å². The zero-order chi connectivity index (χ0) is 24.2. The van der Waals surface area contributed by atoms with Gasteiger partial charge in [-0.05, 0) is 80.2 Å². The molecule has 1 saturated heterocycles. The van der Waals surface area contributed by atoms with Crippen LogP contribution in [-0.2, 0) is 4.79 Å². The first-order valence-electron chi connectivity index (χ1n) is 12.2. The number of fused-ring (bicyclic) bond motifs is 1. The summed E-state index contributed by atoms with van der Waals surface area (Å²) in [5.41, 5.74) is 4.64.